The summed E-state index contributed by atoms with van der Waals surface area (Å²) in [6.07, 6.45) is 1.01. The maximum atomic E-state index is 12.3. The predicted molar refractivity (Wildman–Crippen MR) is 100 cm³/mol. The molecule has 0 N–H and O–H groups in total. The number of carbonyl (C=O) groups excluding carboxylic acids is 1. The van der Waals surface area contributed by atoms with Gasteiger partial charge in [-0.15, -0.1) is 16.4 Å². The van der Waals surface area contributed by atoms with Crippen molar-refractivity contribution < 1.29 is 9.63 Å². The lowest BCUT2D eigenvalue weighted by Gasteiger charge is -2.44. The van der Waals surface area contributed by atoms with Gasteiger partial charge in [0.05, 0.1) is 18.7 Å². The molecule has 5 rings (SSSR count). The molecule has 0 radical (unpaired) electrons. The lowest BCUT2D eigenvalue weighted by Crippen LogP contribution is -2.55. The summed E-state index contributed by atoms with van der Waals surface area (Å²) in [6.45, 7) is 2.34. The summed E-state index contributed by atoms with van der Waals surface area (Å²) in [5.41, 5.74) is 3.35. The summed E-state index contributed by atoms with van der Waals surface area (Å²) in [5.74, 6) is -0.275. The Bertz CT molecular complexity index is 937. The van der Waals surface area contributed by atoms with Crippen molar-refractivity contribution in [1.29, 1.82) is 0 Å². The Labute approximate surface area is 150 Å². The van der Waals surface area contributed by atoms with Crippen LogP contribution in [0, 0.1) is 0 Å². The fourth-order valence-corrected chi connectivity index (χ4v) is 4.92. The molecule has 4 nitrogen and oxygen atoms in total. The van der Waals surface area contributed by atoms with Crippen molar-refractivity contribution in [2.45, 2.75) is 12.5 Å². The van der Waals surface area contributed by atoms with E-state index in [1.165, 1.54) is 21.3 Å². The first kappa shape index (κ1) is 14.9. The maximum absolute atomic E-state index is 12.3. The number of anilines is 1. The molecule has 1 aromatic heterocycles. The summed E-state index contributed by atoms with van der Waals surface area (Å²) in [5, 5.41) is 5.52. The monoisotopic (exact) mass is 350 g/mol. The average molecular weight is 350 g/mol. The molecule has 1 fully saturated rings. The van der Waals surface area contributed by atoms with E-state index in [-0.39, 0.29) is 5.97 Å². The topological polar surface area (TPSA) is 32.8 Å². The van der Waals surface area contributed by atoms with E-state index in [9.17, 15) is 4.79 Å². The number of nitrogens with zero attached hydrogens (tertiary/aromatic N) is 2. The van der Waals surface area contributed by atoms with Gasteiger partial charge < -0.3 is 9.74 Å². The zero-order valence-electron chi connectivity index (χ0n) is 13.7. The van der Waals surface area contributed by atoms with E-state index in [1.807, 2.05) is 34.6 Å². The van der Waals surface area contributed by atoms with Crippen LogP contribution in [0.2, 0.25) is 0 Å². The number of hydrogen-bond donors (Lipinski definition) is 0. The number of carbonyl (C=O) groups is 1. The van der Waals surface area contributed by atoms with Gasteiger partial charge in [0, 0.05) is 28.4 Å². The Morgan fingerprint density at radius 1 is 1.08 bits per heavy atom. The summed E-state index contributed by atoms with van der Waals surface area (Å²) >= 11 is 1.82. The highest BCUT2D eigenvalue weighted by Crippen LogP contribution is 2.40. The van der Waals surface area contributed by atoms with Crippen LogP contribution < -0.4 is 4.90 Å². The molecule has 2 aliphatic rings. The molecule has 0 bridgehead atoms. The van der Waals surface area contributed by atoms with Crippen molar-refractivity contribution in [3.8, 4) is 0 Å². The van der Waals surface area contributed by atoms with Crippen LogP contribution in [-0.2, 0) is 11.3 Å². The Kier molecular flexibility index (Phi) is 3.50. The quantitative estimate of drug-likeness (QED) is 0.705. The zero-order valence-corrected chi connectivity index (χ0v) is 14.5. The standard InChI is InChI=1S/C20H18N2O2S/c23-20(14-5-2-1-3-6-14)24-21-9-10-22-16(12-21)11-15-13-25-18-8-4-7-17(22)19(15)18/h1-8,13,16H,9-12H2. The number of hydrogen-bond acceptors (Lipinski definition) is 5. The van der Waals surface area contributed by atoms with Crippen LogP contribution in [0.25, 0.3) is 10.1 Å². The van der Waals surface area contributed by atoms with Gasteiger partial charge in [-0.25, -0.2) is 4.79 Å². The van der Waals surface area contributed by atoms with Crippen LogP contribution in [0.3, 0.4) is 0 Å². The van der Waals surface area contributed by atoms with Crippen LogP contribution in [0.5, 0.6) is 0 Å². The second kappa shape index (κ2) is 5.86. The lowest BCUT2D eigenvalue weighted by atomic mass is 9.95. The van der Waals surface area contributed by atoms with E-state index in [0.29, 0.717) is 11.6 Å². The van der Waals surface area contributed by atoms with Gasteiger partial charge in [0.1, 0.15) is 0 Å². The van der Waals surface area contributed by atoms with Crippen molar-refractivity contribution in [1.82, 2.24) is 5.06 Å². The third kappa shape index (κ3) is 2.51. The molecule has 0 amide bonds. The third-order valence-corrected chi connectivity index (χ3v) is 6.08. The van der Waals surface area contributed by atoms with Crippen LogP contribution in [0.4, 0.5) is 5.69 Å². The summed E-state index contributed by atoms with van der Waals surface area (Å²) in [7, 11) is 0. The van der Waals surface area contributed by atoms with E-state index in [1.54, 1.807) is 12.1 Å². The number of hydroxylamine groups is 2. The Morgan fingerprint density at radius 3 is 2.84 bits per heavy atom. The van der Waals surface area contributed by atoms with E-state index in [4.69, 9.17) is 4.84 Å². The Hall–Kier alpha value is -2.37. The highest BCUT2D eigenvalue weighted by molar-refractivity contribution is 7.17. The summed E-state index contributed by atoms with van der Waals surface area (Å²) in [6, 6.07) is 16.1. The van der Waals surface area contributed by atoms with Crippen LogP contribution in [-0.4, -0.2) is 36.7 Å². The van der Waals surface area contributed by atoms with Gasteiger partial charge in [-0.3, -0.25) is 0 Å². The number of rotatable bonds is 2. The normalized spacial score (nSPS) is 19.7. The molecule has 1 saturated heterocycles. The molecule has 0 aliphatic carbocycles. The molecule has 5 heteroatoms. The molecule has 25 heavy (non-hydrogen) atoms. The molecule has 0 spiro atoms. The molecule has 3 heterocycles. The number of benzene rings is 2. The van der Waals surface area contributed by atoms with Gasteiger partial charge >= 0.3 is 5.97 Å². The van der Waals surface area contributed by atoms with Gasteiger partial charge in [0.15, 0.2) is 0 Å². The number of fused-ring (bicyclic) bond motifs is 2. The van der Waals surface area contributed by atoms with Crippen molar-refractivity contribution in [3.05, 3.63) is 65.0 Å². The van der Waals surface area contributed by atoms with Crippen molar-refractivity contribution in [2.24, 2.45) is 0 Å². The highest BCUT2D eigenvalue weighted by Gasteiger charge is 2.34. The Balaban J connectivity index is 1.35. The summed E-state index contributed by atoms with van der Waals surface area (Å²) in [4.78, 5) is 20.4. The second-order valence-electron chi connectivity index (χ2n) is 6.60. The second-order valence-corrected chi connectivity index (χ2v) is 7.51. The van der Waals surface area contributed by atoms with Crippen LogP contribution in [0.1, 0.15) is 15.9 Å². The van der Waals surface area contributed by atoms with E-state index in [0.717, 1.165) is 26.1 Å². The SMILES string of the molecule is O=C(ON1CCN2c3cccc4scc(c34)CC2C1)c1ccccc1. The number of thiophene rings is 1. The molecule has 2 aliphatic heterocycles. The highest BCUT2D eigenvalue weighted by atomic mass is 32.1. The smallest absolute Gasteiger partial charge is 0.357 e. The first-order valence-corrected chi connectivity index (χ1v) is 9.45. The minimum atomic E-state index is -0.275. The van der Waals surface area contributed by atoms with Gasteiger partial charge in [-0.2, -0.15) is 0 Å². The molecule has 1 atom stereocenters. The van der Waals surface area contributed by atoms with E-state index < -0.39 is 0 Å². The third-order valence-electron chi connectivity index (χ3n) is 5.09. The fourth-order valence-electron chi connectivity index (χ4n) is 3.92. The zero-order chi connectivity index (χ0) is 16.8. The lowest BCUT2D eigenvalue weighted by molar-refractivity contribution is -0.119. The predicted octanol–water partition coefficient (Wildman–Crippen LogP) is 3.72. The average Bonchev–Trinajstić information content (AvgIpc) is 3.07. The van der Waals surface area contributed by atoms with E-state index >= 15 is 0 Å². The molecule has 126 valence electrons. The molecule has 3 aromatic rings. The molecule has 2 aromatic carbocycles. The largest absolute Gasteiger partial charge is 0.365 e. The maximum Gasteiger partial charge on any atom is 0.357 e. The fraction of sp³-hybridized carbons (Fsp3) is 0.250. The minimum absolute atomic E-state index is 0.275. The van der Waals surface area contributed by atoms with Crippen LogP contribution >= 0.6 is 11.3 Å². The molecular weight excluding hydrogens is 332 g/mol. The van der Waals surface area contributed by atoms with Gasteiger partial charge in [0.25, 0.3) is 0 Å². The van der Waals surface area contributed by atoms with Crippen LogP contribution in [0.15, 0.2) is 53.9 Å². The van der Waals surface area contributed by atoms with Gasteiger partial charge in [-0.05, 0) is 41.6 Å². The van der Waals surface area contributed by atoms with Gasteiger partial charge in [-0.1, -0.05) is 24.3 Å². The van der Waals surface area contributed by atoms with Crippen molar-refractivity contribution in [3.63, 3.8) is 0 Å². The Morgan fingerprint density at radius 2 is 1.96 bits per heavy atom. The minimum Gasteiger partial charge on any atom is -0.365 e. The van der Waals surface area contributed by atoms with E-state index in [2.05, 4.69) is 28.5 Å². The number of piperazine rings is 1. The molecule has 0 saturated carbocycles. The van der Waals surface area contributed by atoms with Gasteiger partial charge in [0.2, 0.25) is 0 Å². The first-order valence-electron chi connectivity index (χ1n) is 8.57. The summed E-state index contributed by atoms with van der Waals surface area (Å²) < 4.78 is 1.36. The van der Waals surface area contributed by atoms with Crippen molar-refractivity contribution in [2.75, 3.05) is 24.5 Å². The molecule has 1 unspecified atom stereocenters. The first-order chi connectivity index (χ1) is 12.3. The molecular formula is C20H18N2O2S. The van der Waals surface area contributed by atoms with Crippen molar-refractivity contribution >= 4 is 33.1 Å².